The Labute approximate surface area is 246 Å². The van der Waals surface area contributed by atoms with E-state index >= 15 is 0 Å². The molecule has 1 aliphatic heterocycles. The maximum atomic E-state index is 13.7. The van der Waals surface area contributed by atoms with Gasteiger partial charge in [-0.3, -0.25) is 19.2 Å². The van der Waals surface area contributed by atoms with Crippen molar-refractivity contribution in [3.63, 3.8) is 0 Å². The number of ether oxygens (including phenoxy) is 1. The van der Waals surface area contributed by atoms with Gasteiger partial charge in [-0.2, -0.15) is 5.01 Å². The lowest BCUT2D eigenvalue weighted by Gasteiger charge is -2.30. The number of nitrogens with zero attached hydrogens (tertiary/aromatic N) is 2. The molecule has 210 valence electrons. The molecule has 0 bridgehead atoms. The zero-order chi connectivity index (χ0) is 29.3. The van der Waals surface area contributed by atoms with Crippen LogP contribution in [-0.4, -0.2) is 46.0 Å². The predicted octanol–water partition coefficient (Wildman–Crippen LogP) is 5.94. The topological polar surface area (TPSA) is 101 Å². The first-order chi connectivity index (χ1) is 19.6. The van der Waals surface area contributed by atoms with Crippen LogP contribution in [0.3, 0.4) is 0 Å². The van der Waals surface area contributed by atoms with Gasteiger partial charge in [-0.05, 0) is 74.4 Å². The zero-order valence-electron chi connectivity index (χ0n) is 22.1. The fourth-order valence-electron chi connectivity index (χ4n) is 5.21. The number of Topliss-reactive ketones (excluding diaryl/α,β-unsaturated/α-hetero) is 1. The normalized spacial score (nSPS) is 18.2. The number of ketones is 1. The van der Waals surface area contributed by atoms with Crippen molar-refractivity contribution < 1.29 is 28.7 Å². The van der Waals surface area contributed by atoms with Crippen LogP contribution in [-0.2, 0) is 9.59 Å². The molecule has 0 spiro atoms. The van der Waals surface area contributed by atoms with Crippen molar-refractivity contribution in [2.45, 2.75) is 32.6 Å². The Bertz CT molecular complexity index is 1510. The Kier molecular flexibility index (Phi) is 8.24. The van der Waals surface area contributed by atoms with Crippen LogP contribution in [0.1, 0.15) is 62.3 Å². The molecule has 0 unspecified atom stereocenters. The van der Waals surface area contributed by atoms with Crippen LogP contribution >= 0.6 is 23.2 Å². The highest BCUT2D eigenvalue weighted by Crippen LogP contribution is 2.39. The summed E-state index contributed by atoms with van der Waals surface area (Å²) in [6.07, 6.45) is 2.72. The molecule has 3 amide bonds. The number of halogens is 2. The summed E-state index contributed by atoms with van der Waals surface area (Å²) in [6, 6.07) is 17.0. The predicted molar refractivity (Wildman–Crippen MR) is 152 cm³/mol. The number of hydrogen-bond donors (Lipinski definition) is 0. The van der Waals surface area contributed by atoms with Gasteiger partial charge in [0.15, 0.2) is 5.78 Å². The van der Waals surface area contributed by atoms with Gasteiger partial charge < -0.3 is 4.74 Å². The third-order valence-electron chi connectivity index (χ3n) is 7.42. The number of rotatable bonds is 7. The molecular weight excluding hydrogens is 567 g/mol. The minimum absolute atomic E-state index is 0.00213. The summed E-state index contributed by atoms with van der Waals surface area (Å²) in [5, 5.41) is 2.03. The summed E-state index contributed by atoms with van der Waals surface area (Å²) in [7, 11) is 0. The molecule has 8 nitrogen and oxygen atoms in total. The van der Waals surface area contributed by atoms with Crippen molar-refractivity contribution in [1.29, 1.82) is 0 Å². The lowest BCUT2D eigenvalue weighted by Crippen LogP contribution is -2.52. The molecule has 2 aliphatic rings. The summed E-state index contributed by atoms with van der Waals surface area (Å²) in [5.41, 5.74) is 1.58. The standard InChI is InChI=1S/C31H26Cl2N2O6/c1-18-6-8-20(9-7-18)31(40)41-22-13-10-19(11-14-22)27(36)17-34(28(37)25-15-12-21(32)16-26(25)33)35-29(38)23-4-2-3-5-24(23)30(35)39/h6-16,23-24H,2-5,17H2,1H3/t23-,24-/m0/s1. The fraction of sp³-hybridized carbons (Fsp3) is 0.258. The van der Waals surface area contributed by atoms with Gasteiger partial charge >= 0.3 is 5.97 Å². The Morgan fingerprint density at radius 1 is 0.854 bits per heavy atom. The van der Waals surface area contributed by atoms with Gasteiger partial charge in [0.25, 0.3) is 17.7 Å². The highest BCUT2D eigenvalue weighted by molar-refractivity contribution is 6.36. The minimum Gasteiger partial charge on any atom is -0.423 e. The molecule has 0 radical (unpaired) electrons. The molecular formula is C31H26Cl2N2O6. The second-order valence-electron chi connectivity index (χ2n) is 10.2. The van der Waals surface area contributed by atoms with Crippen molar-refractivity contribution >= 4 is 52.7 Å². The van der Waals surface area contributed by atoms with E-state index in [-0.39, 0.29) is 21.9 Å². The first-order valence-corrected chi connectivity index (χ1v) is 14.0. The lowest BCUT2D eigenvalue weighted by atomic mass is 9.81. The number of imide groups is 1. The number of hydrogen-bond acceptors (Lipinski definition) is 6. The monoisotopic (exact) mass is 592 g/mol. The van der Waals surface area contributed by atoms with E-state index in [4.69, 9.17) is 27.9 Å². The van der Waals surface area contributed by atoms with Gasteiger partial charge in [-0.25, -0.2) is 9.80 Å². The molecule has 3 aromatic carbocycles. The van der Waals surface area contributed by atoms with Crippen molar-refractivity contribution in [3.8, 4) is 5.75 Å². The number of hydrazine groups is 1. The van der Waals surface area contributed by atoms with Crippen LogP contribution in [0, 0.1) is 18.8 Å². The van der Waals surface area contributed by atoms with Crippen LogP contribution in [0.15, 0.2) is 66.7 Å². The lowest BCUT2D eigenvalue weighted by molar-refractivity contribution is -0.154. The summed E-state index contributed by atoms with van der Waals surface area (Å²) >= 11 is 12.3. The van der Waals surface area contributed by atoms with Crippen LogP contribution in [0.25, 0.3) is 0 Å². The van der Waals surface area contributed by atoms with E-state index < -0.39 is 47.9 Å². The number of amides is 3. The quantitative estimate of drug-likeness (QED) is 0.146. The number of benzene rings is 3. The maximum Gasteiger partial charge on any atom is 0.343 e. The van der Waals surface area contributed by atoms with E-state index in [0.29, 0.717) is 23.4 Å². The molecule has 0 N–H and O–H groups in total. The largest absolute Gasteiger partial charge is 0.423 e. The van der Waals surface area contributed by atoms with E-state index in [1.165, 1.54) is 42.5 Å². The Balaban J connectivity index is 1.38. The molecule has 1 saturated heterocycles. The van der Waals surface area contributed by atoms with Crippen LogP contribution < -0.4 is 4.74 Å². The van der Waals surface area contributed by atoms with Gasteiger partial charge in [-0.15, -0.1) is 0 Å². The van der Waals surface area contributed by atoms with Crippen molar-refractivity contribution in [3.05, 3.63) is 99.0 Å². The highest BCUT2D eigenvalue weighted by Gasteiger charge is 2.52. The molecule has 5 rings (SSSR count). The second kappa shape index (κ2) is 11.8. The summed E-state index contributed by atoms with van der Waals surface area (Å²) in [6.45, 7) is 1.32. The SMILES string of the molecule is Cc1ccc(C(=O)Oc2ccc(C(=O)CN(C(=O)c3ccc(Cl)cc3Cl)N3C(=O)[C@H]4CCCC[C@@H]4C3=O)cc2)cc1. The van der Waals surface area contributed by atoms with E-state index in [0.717, 1.165) is 28.4 Å². The van der Waals surface area contributed by atoms with Gasteiger partial charge in [0.1, 0.15) is 12.3 Å². The Hall–Kier alpha value is -4.01. The van der Waals surface area contributed by atoms with Gasteiger partial charge in [0.05, 0.1) is 28.0 Å². The van der Waals surface area contributed by atoms with Gasteiger partial charge in [0, 0.05) is 10.6 Å². The molecule has 1 heterocycles. The summed E-state index contributed by atoms with van der Waals surface area (Å²) in [5.74, 6) is -3.67. The average molecular weight is 593 g/mol. The van der Waals surface area contributed by atoms with Gasteiger partial charge in [-0.1, -0.05) is 53.7 Å². The number of carbonyl (C=O) groups is 5. The third kappa shape index (κ3) is 5.89. The smallest absolute Gasteiger partial charge is 0.343 e. The average Bonchev–Trinajstić information content (AvgIpc) is 3.21. The first kappa shape index (κ1) is 28.5. The molecule has 0 aromatic heterocycles. The van der Waals surface area contributed by atoms with Crippen LogP contribution in [0.2, 0.25) is 10.0 Å². The highest BCUT2D eigenvalue weighted by atomic mass is 35.5. The van der Waals surface area contributed by atoms with Crippen molar-refractivity contribution in [2.75, 3.05) is 6.54 Å². The molecule has 2 fully saturated rings. The molecule has 1 aliphatic carbocycles. The van der Waals surface area contributed by atoms with E-state index in [9.17, 15) is 24.0 Å². The maximum absolute atomic E-state index is 13.7. The van der Waals surface area contributed by atoms with Crippen LogP contribution in [0.5, 0.6) is 5.75 Å². The van der Waals surface area contributed by atoms with E-state index in [1.807, 2.05) is 6.92 Å². The molecule has 3 aromatic rings. The number of fused-ring (bicyclic) bond motifs is 1. The second-order valence-corrected chi connectivity index (χ2v) is 11.0. The van der Waals surface area contributed by atoms with Crippen LogP contribution in [0.4, 0.5) is 0 Å². The summed E-state index contributed by atoms with van der Waals surface area (Å²) in [4.78, 5) is 66.3. The number of carbonyl (C=O) groups excluding carboxylic acids is 5. The fourth-order valence-corrected chi connectivity index (χ4v) is 5.70. The van der Waals surface area contributed by atoms with Gasteiger partial charge in [0.2, 0.25) is 0 Å². The minimum atomic E-state index is -0.774. The third-order valence-corrected chi connectivity index (χ3v) is 7.97. The molecule has 10 heteroatoms. The van der Waals surface area contributed by atoms with E-state index in [2.05, 4.69) is 0 Å². The first-order valence-electron chi connectivity index (χ1n) is 13.2. The molecule has 1 saturated carbocycles. The zero-order valence-corrected chi connectivity index (χ0v) is 23.7. The van der Waals surface area contributed by atoms with E-state index in [1.54, 1.807) is 24.3 Å². The van der Waals surface area contributed by atoms with Crippen molar-refractivity contribution in [1.82, 2.24) is 10.0 Å². The number of esters is 1. The Morgan fingerprint density at radius 2 is 1.44 bits per heavy atom. The molecule has 41 heavy (non-hydrogen) atoms. The van der Waals surface area contributed by atoms with Crippen molar-refractivity contribution in [2.24, 2.45) is 11.8 Å². The molecule has 2 atom stereocenters. The summed E-state index contributed by atoms with van der Waals surface area (Å²) < 4.78 is 5.40. The Morgan fingerprint density at radius 3 is 2.02 bits per heavy atom. The number of aryl methyl sites for hydroxylation is 1.